The third kappa shape index (κ3) is 5.05. The lowest BCUT2D eigenvalue weighted by Crippen LogP contribution is -2.27. The van der Waals surface area contributed by atoms with Crippen molar-refractivity contribution in [1.82, 2.24) is 5.32 Å². The summed E-state index contributed by atoms with van der Waals surface area (Å²) in [5, 5.41) is 16.1. The average molecular weight is 413 g/mol. The molecular weight excluding hydrogens is 390 g/mol. The Morgan fingerprint density at radius 2 is 2.00 bits per heavy atom. The van der Waals surface area contributed by atoms with Gasteiger partial charge in [0.2, 0.25) is 5.91 Å². The first-order valence-corrected chi connectivity index (χ1v) is 9.66. The molecule has 2 amide bonds. The number of amides is 2. The number of non-ortho nitro benzene ring substituents is 1. The minimum absolute atomic E-state index is 0.0542. The number of hydrogen-bond acceptors (Lipinski definition) is 6. The van der Waals surface area contributed by atoms with E-state index in [1.54, 1.807) is 6.07 Å². The topological polar surface area (TPSA) is 120 Å². The zero-order valence-corrected chi connectivity index (χ0v) is 16.8. The maximum absolute atomic E-state index is 12.3. The van der Waals surface area contributed by atoms with Gasteiger partial charge in [0.25, 0.3) is 11.6 Å². The SMILES string of the molecule is CCOc1cc2c(cc1NC(=O)CCNC(=O)c1ccc([N+](=O)[O-])cc1)O[C@@H](C)C2. The zero-order chi connectivity index (χ0) is 21.7. The summed E-state index contributed by atoms with van der Waals surface area (Å²) in [6, 6.07) is 8.90. The van der Waals surface area contributed by atoms with Crippen molar-refractivity contribution in [1.29, 1.82) is 0 Å². The molecular formula is C21H23N3O6. The van der Waals surface area contributed by atoms with E-state index < -0.39 is 10.8 Å². The van der Waals surface area contributed by atoms with E-state index in [1.165, 1.54) is 24.3 Å². The number of benzene rings is 2. The van der Waals surface area contributed by atoms with Crippen LogP contribution in [0.15, 0.2) is 36.4 Å². The van der Waals surface area contributed by atoms with Crippen LogP contribution >= 0.6 is 0 Å². The molecule has 0 fully saturated rings. The molecule has 3 rings (SSSR count). The Balaban J connectivity index is 1.55. The molecule has 1 aliphatic heterocycles. The lowest BCUT2D eigenvalue weighted by atomic mass is 10.1. The minimum atomic E-state index is -0.535. The van der Waals surface area contributed by atoms with E-state index in [-0.39, 0.29) is 36.2 Å². The summed E-state index contributed by atoms with van der Waals surface area (Å²) in [6.45, 7) is 4.42. The van der Waals surface area contributed by atoms with Gasteiger partial charge in [-0.3, -0.25) is 19.7 Å². The first-order valence-electron chi connectivity index (χ1n) is 9.66. The fourth-order valence-electron chi connectivity index (χ4n) is 3.15. The van der Waals surface area contributed by atoms with Crippen LogP contribution < -0.4 is 20.1 Å². The van der Waals surface area contributed by atoms with Crippen molar-refractivity contribution in [2.45, 2.75) is 32.8 Å². The number of nitrogens with zero attached hydrogens (tertiary/aromatic N) is 1. The van der Waals surface area contributed by atoms with Gasteiger partial charge >= 0.3 is 0 Å². The van der Waals surface area contributed by atoms with Crippen LogP contribution in [0, 0.1) is 10.1 Å². The molecule has 0 saturated heterocycles. The number of hydrogen-bond donors (Lipinski definition) is 2. The van der Waals surface area contributed by atoms with E-state index in [2.05, 4.69) is 10.6 Å². The standard InChI is InChI=1S/C21H23N3O6/c1-3-29-19-11-15-10-13(2)30-18(15)12-17(19)23-20(25)8-9-22-21(26)14-4-6-16(7-5-14)24(27)28/h4-7,11-13H,3,8-10H2,1-2H3,(H,22,26)(H,23,25)/t13-/m0/s1. The van der Waals surface area contributed by atoms with Crippen LogP contribution in [0.4, 0.5) is 11.4 Å². The molecule has 0 spiro atoms. The normalized spacial score (nSPS) is 14.4. The van der Waals surface area contributed by atoms with Gasteiger partial charge in [0, 0.05) is 48.7 Å². The van der Waals surface area contributed by atoms with E-state index in [9.17, 15) is 19.7 Å². The third-order valence-electron chi connectivity index (χ3n) is 4.55. The summed E-state index contributed by atoms with van der Waals surface area (Å²) in [6.07, 6.45) is 0.923. The molecule has 9 heteroatoms. The Hall–Kier alpha value is -3.62. The van der Waals surface area contributed by atoms with Gasteiger partial charge in [-0.05, 0) is 32.0 Å². The summed E-state index contributed by atoms with van der Waals surface area (Å²) in [5.74, 6) is 0.614. The molecule has 9 nitrogen and oxygen atoms in total. The largest absolute Gasteiger partial charge is 0.492 e. The Bertz CT molecular complexity index is 958. The summed E-state index contributed by atoms with van der Waals surface area (Å²) in [4.78, 5) is 34.6. The van der Waals surface area contributed by atoms with Crippen molar-refractivity contribution in [2.75, 3.05) is 18.5 Å². The number of rotatable bonds is 8. The lowest BCUT2D eigenvalue weighted by molar-refractivity contribution is -0.384. The van der Waals surface area contributed by atoms with Gasteiger partial charge in [0.1, 0.15) is 17.6 Å². The fraction of sp³-hybridized carbons (Fsp3) is 0.333. The fourth-order valence-corrected chi connectivity index (χ4v) is 3.15. The number of nitrogens with one attached hydrogen (secondary N) is 2. The number of nitro groups is 1. The molecule has 0 bridgehead atoms. The Kier molecular flexibility index (Phi) is 6.51. The molecule has 30 heavy (non-hydrogen) atoms. The maximum Gasteiger partial charge on any atom is 0.269 e. The van der Waals surface area contributed by atoms with Crippen molar-refractivity contribution in [3.63, 3.8) is 0 Å². The van der Waals surface area contributed by atoms with Gasteiger partial charge in [-0.1, -0.05) is 0 Å². The second-order valence-electron chi connectivity index (χ2n) is 6.88. The molecule has 0 unspecified atom stereocenters. The highest BCUT2D eigenvalue weighted by Gasteiger charge is 2.22. The number of nitro benzene ring substituents is 1. The van der Waals surface area contributed by atoms with Crippen molar-refractivity contribution in [2.24, 2.45) is 0 Å². The molecule has 1 atom stereocenters. The summed E-state index contributed by atoms with van der Waals surface area (Å²) >= 11 is 0. The highest BCUT2D eigenvalue weighted by molar-refractivity contribution is 5.96. The van der Waals surface area contributed by atoms with E-state index in [4.69, 9.17) is 9.47 Å². The summed E-state index contributed by atoms with van der Waals surface area (Å²) in [5.41, 5.74) is 1.75. The molecule has 0 aromatic heterocycles. The van der Waals surface area contributed by atoms with E-state index in [0.29, 0.717) is 18.0 Å². The van der Waals surface area contributed by atoms with Crippen molar-refractivity contribution in [3.8, 4) is 11.5 Å². The van der Waals surface area contributed by atoms with Crippen LogP contribution in [0.1, 0.15) is 36.2 Å². The predicted molar refractivity (Wildman–Crippen MR) is 110 cm³/mol. The van der Waals surface area contributed by atoms with Crippen molar-refractivity contribution < 1.29 is 24.0 Å². The Morgan fingerprint density at radius 1 is 1.27 bits per heavy atom. The summed E-state index contributed by atoms with van der Waals surface area (Å²) in [7, 11) is 0. The third-order valence-corrected chi connectivity index (χ3v) is 4.55. The molecule has 2 aromatic rings. The molecule has 2 aromatic carbocycles. The molecule has 0 saturated carbocycles. The van der Waals surface area contributed by atoms with Gasteiger partial charge in [-0.25, -0.2) is 0 Å². The van der Waals surface area contributed by atoms with Crippen LogP contribution in [0.5, 0.6) is 11.5 Å². The van der Waals surface area contributed by atoms with Crippen LogP contribution in [-0.2, 0) is 11.2 Å². The number of fused-ring (bicyclic) bond motifs is 1. The van der Waals surface area contributed by atoms with Gasteiger partial charge in [0.15, 0.2) is 0 Å². The number of carbonyl (C=O) groups is 2. The van der Waals surface area contributed by atoms with Crippen LogP contribution in [0.3, 0.4) is 0 Å². The van der Waals surface area contributed by atoms with Crippen LogP contribution in [-0.4, -0.2) is 36.0 Å². The molecule has 1 aliphatic rings. The highest BCUT2D eigenvalue weighted by Crippen LogP contribution is 2.38. The van der Waals surface area contributed by atoms with E-state index in [1.807, 2.05) is 19.9 Å². The Labute approximate surface area is 173 Å². The molecule has 0 radical (unpaired) electrons. The first-order chi connectivity index (χ1) is 14.4. The maximum atomic E-state index is 12.3. The van der Waals surface area contributed by atoms with E-state index >= 15 is 0 Å². The van der Waals surface area contributed by atoms with Gasteiger partial charge < -0.3 is 20.1 Å². The predicted octanol–water partition coefficient (Wildman–Crippen LogP) is 3.08. The smallest absolute Gasteiger partial charge is 0.269 e. The number of ether oxygens (including phenoxy) is 2. The molecule has 0 aliphatic carbocycles. The van der Waals surface area contributed by atoms with Crippen molar-refractivity contribution in [3.05, 3.63) is 57.6 Å². The van der Waals surface area contributed by atoms with Crippen LogP contribution in [0.25, 0.3) is 0 Å². The second-order valence-corrected chi connectivity index (χ2v) is 6.88. The molecule has 2 N–H and O–H groups in total. The quantitative estimate of drug-likeness (QED) is 0.507. The number of anilines is 1. The lowest BCUT2D eigenvalue weighted by Gasteiger charge is -2.14. The van der Waals surface area contributed by atoms with Gasteiger partial charge in [0.05, 0.1) is 17.2 Å². The van der Waals surface area contributed by atoms with E-state index in [0.717, 1.165) is 17.7 Å². The number of carbonyl (C=O) groups excluding carboxylic acids is 2. The molecule has 1 heterocycles. The van der Waals surface area contributed by atoms with Crippen LogP contribution in [0.2, 0.25) is 0 Å². The van der Waals surface area contributed by atoms with Gasteiger partial charge in [-0.2, -0.15) is 0 Å². The summed E-state index contributed by atoms with van der Waals surface area (Å²) < 4.78 is 11.4. The zero-order valence-electron chi connectivity index (χ0n) is 16.8. The second kappa shape index (κ2) is 9.25. The first kappa shape index (κ1) is 21.1. The molecule has 158 valence electrons. The highest BCUT2D eigenvalue weighted by atomic mass is 16.6. The average Bonchev–Trinajstić information content (AvgIpc) is 3.07. The van der Waals surface area contributed by atoms with Crippen molar-refractivity contribution >= 4 is 23.2 Å². The monoisotopic (exact) mass is 413 g/mol. The van der Waals surface area contributed by atoms with Gasteiger partial charge in [-0.15, -0.1) is 0 Å². The minimum Gasteiger partial charge on any atom is -0.492 e. The Morgan fingerprint density at radius 3 is 2.67 bits per heavy atom.